The zero-order valence-corrected chi connectivity index (χ0v) is 18.4. The number of benzene rings is 2. The number of aromatic nitrogens is 1. The lowest BCUT2D eigenvalue weighted by Gasteiger charge is -2.19. The summed E-state index contributed by atoms with van der Waals surface area (Å²) in [6.07, 6.45) is 3.57. The number of hydrogen-bond donors (Lipinski definition) is 1. The van der Waals surface area contributed by atoms with Crippen LogP contribution in [0.3, 0.4) is 0 Å². The van der Waals surface area contributed by atoms with Crippen molar-refractivity contribution in [1.29, 1.82) is 0 Å². The SMILES string of the molecule is COc1ccc(CC#Cc2ccc3c(c2)C(=O)/C(=C\c2ccc(Cl)c(F)c2)S(=O)N3)cn1. The molecule has 0 spiro atoms. The van der Waals surface area contributed by atoms with Crippen molar-refractivity contribution < 1.29 is 18.1 Å². The lowest BCUT2D eigenvalue weighted by molar-refractivity contribution is 0.104. The summed E-state index contributed by atoms with van der Waals surface area (Å²) in [5, 5.41) is -0.0275. The average molecular weight is 467 g/mol. The number of ether oxygens (including phenoxy) is 1. The zero-order chi connectivity index (χ0) is 22.7. The molecule has 0 saturated heterocycles. The Hall–Kier alpha value is -3.47. The minimum absolute atomic E-state index is 0.0219. The van der Waals surface area contributed by atoms with Gasteiger partial charge < -0.3 is 9.46 Å². The summed E-state index contributed by atoms with van der Waals surface area (Å²) >= 11 is 5.70. The Labute approximate surface area is 191 Å². The smallest absolute Gasteiger partial charge is 0.212 e. The molecule has 0 bridgehead atoms. The van der Waals surface area contributed by atoms with Crippen LogP contribution in [0.4, 0.5) is 10.1 Å². The van der Waals surface area contributed by atoms with Gasteiger partial charge in [0, 0.05) is 29.8 Å². The van der Waals surface area contributed by atoms with Crippen molar-refractivity contribution in [3.8, 4) is 17.7 Å². The number of carbonyl (C=O) groups excluding carboxylic acids is 1. The van der Waals surface area contributed by atoms with Crippen LogP contribution < -0.4 is 9.46 Å². The number of ketones is 1. The van der Waals surface area contributed by atoms with Crippen molar-refractivity contribution in [2.75, 3.05) is 11.8 Å². The van der Waals surface area contributed by atoms with Crippen LogP contribution >= 0.6 is 11.6 Å². The maximum atomic E-state index is 13.7. The number of pyridine rings is 1. The van der Waals surface area contributed by atoms with Gasteiger partial charge in [-0.1, -0.05) is 35.6 Å². The van der Waals surface area contributed by atoms with Crippen LogP contribution in [-0.2, 0) is 17.4 Å². The molecule has 4 rings (SSSR count). The molecule has 2 heterocycles. The molecule has 1 aliphatic rings. The van der Waals surface area contributed by atoms with Crippen molar-refractivity contribution in [3.63, 3.8) is 0 Å². The molecule has 1 unspecified atom stereocenters. The third-order valence-corrected chi connectivity index (χ3v) is 6.08. The van der Waals surface area contributed by atoms with Crippen LogP contribution in [0.1, 0.15) is 27.0 Å². The van der Waals surface area contributed by atoms with Crippen LogP contribution in [0.5, 0.6) is 5.88 Å². The van der Waals surface area contributed by atoms with Crippen LogP contribution in [0.25, 0.3) is 6.08 Å². The molecule has 2 aromatic carbocycles. The second kappa shape index (κ2) is 9.35. The number of fused-ring (bicyclic) bond motifs is 1. The van der Waals surface area contributed by atoms with E-state index in [1.807, 2.05) is 6.07 Å². The Balaban J connectivity index is 1.58. The van der Waals surface area contributed by atoms with E-state index in [2.05, 4.69) is 21.5 Å². The summed E-state index contributed by atoms with van der Waals surface area (Å²) in [4.78, 5) is 17.2. The van der Waals surface area contributed by atoms with E-state index in [0.717, 1.165) is 5.56 Å². The van der Waals surface area contributed by atoms with Gasteiger partial charge in [-0.05, 0) is 47.5 Å². The van der Waals surface area contributed by atoms with Gasteiger partial charge in [-0.2, -0.15) is 0 Å². The fourth-order valence-electron chi connectivity index (χ4n) is 3.03. The Morgan fingerprint density at radius 3 is 2.78 bits per heavy atom. The van der Waals surface area contributed by atoms with E-state index in [1.54, 1.807) is 43.6 Å². The molecule has 0 aliphatic carbocycles. The predicted octanol–water partition coefficient (Wildman–Crippen LogP) is 4.79. The summed E-state index contributed by atoms with van der Waals surface area (Å²) in [6.45, 7) is 0. The molecule has 8 heteroatoms. The minimum atomic E-state index is -1.77. The highest BCUT2D eigenvalue weighted by molar-refractivity contribution is 7.91. The van der Waals surface area contributed by atoms with Gasteiger partial charge in [-0.25, -0.2) is 13.6 Å². The topological polar surface area (TPSA) is 68.3 Å². The van der Waals surface area contributed by atoms with Crippen LogP contribution in [-0.4, -0.2) is 22.1 Å². The first-order valence-electron chi connectivity index (χ1n) is 9.46. The van der Waals surface area contributed by atoms with E-state index < -0.39 is 22.6 Å². The molecule has 1 aromatic heterocycles. The molecule has 5 nitrogen and oxygen atoms in total. The molecule has 0 saturated carbocycles. The van der Waals surface area contributed by atoms with Crippen LogP contribution in [0, 0.1) is 17.7 Å². The first kappa shape index (κ1) is 21.8. The second-order valence-corrected chi connectivity index (χ2v) is 8.42. The summed E-state index contributed by atoms with van der Waals surface area (Å²) in [5.74, 6) is 5.60. The Kier molecular flexibility index (Phi) is 6.35. The van der Waals surface area contributed by atoms with Gasteiger partial charge in [0.1, 0.15) is 10.7 Å². The summed E-state index contributed by atoms with van der Waals surface area (Å²) in [7, 11) is -0.215. The second-order valence-electron chi connectivity index (χ2n) is 6.83. The molecule has 160 valence electrons. The molecule has 0 amide bonds. The van der Waals surface area contributed by atoms with E-state index >= 15 is 0 Å². The number of nitrogens with zero attached hydrogens (tertiary/aromatic N) is 1. The van der Waals surface area contributed by atoms with Crippen molar-refractivity contribution in [1.82, 2.24) is 4.98 Å². The van der Waals surface area contributed by atoms with Crippen LogP contribution in [0.15, 0.2) is 59.6 Å². The summed E-state index contributed by atoms with van der Waals surface area (Å²) < 4.78 is 34.1. The number of halogens is 2. The highest BCUT2D eigenvalue weighted by atomic mass is 35.5. The van der Waals surface area contributed by atoms with E-state index in [1.165, 1.54) is 18.2 Å². The number of rotatable bonds is 3. The van der Waals surface area contributed by atoms with Gasteiger partial charge in [-0.15, -0.1) is 0 Å². The van der Waals surface area contributed by atoms with E-state index in [0.29, 0.717) is 34.7 Å². The largest absolute Gasteiger partial charge is 0.481 e. The Morgan fingerprint density at radius 1 is 1.22 bits per heavy atom. The monoisotopic (exact) mass is 466 g/mol. The van der Waals surface area contributed by atoms with Gasteiger partial charge >= 0.3 is 0 Å². The normalized spacial score (nSPS) is 16.0. The minimum Gasteiger partial charge on any atom is -0.481 e. The van der Waals surface area contributed by atoms with E-state index in [-0.39, 0.29) is 9.93 Å². The molecule has 1 aliphatic heterocycles. The van der Waals surface area contributed by atoms with Gasteiger partial charge in [-0.3, -0.25) is 4.79 Å². The first-order valence-corrected chi connectivity index (χ1v) is 11.0. The number of hydrogen-bond acceptors (Lipinski definition) is 4. The maximum Gasteiger partial charge on any atom is 0.212 e. The highest BCUT2D eigenvalue weighted by Crippen LogP contribution is 2.30. The molecule has 32 heavy (non-hydrogen) atoms. The lowest BCUT2D eigenvalue weighted by atomic mass is 10.0. The van der Waals surface area contributed by atoms with Crippen molar-refractivity contribution in [2.45, 2.75) is 6.42 Å². The molecule has 1 atom stereocenters. The van der Waals surface area contributed by atoms with Crippen molar-refractivity contribution in [2.24, 2.45) is 0 Å². The molecule has 0 radical (unpaired) electrons. The van der Waals surface area contributed by atoms with Crippen molar-refractivity contribution >= 4 is 40.1 Å². The maximum absolute atomic E-state index is 13.7. The van der Waals surface area contributed by atoms with Gasteiger partial charge in [0.2, 0.25) is 11.7 Å². The number of methoxy groups -OCH3 is 1. The Bertz CT molecular complexity index is 1330. The highest BCUT2D eigenvalue weighted by Gasteiger charge is 2.27. The number of carbonyl (C=O) groups is 1. The standard InChI is InChI=1S/C24H16ClFN2O3S/c1-31-23-10-7-16(14-27-23)4-2-3-15-6-9-21-18(11-15)24(29)22(32(30)28-21)13-17-5-8-19(25)20(26)12-17/h5-14,28H,4H2,1H3/b22-13+. The third-order valence-electron chi connectivity index (χ3n) is 4.66. The van der Waals surface area contributed by atoms with Crippen molar-refractivity contribution in [3.05, 3.63) is 92.7 Å². The molecular weight excluding hydrogens is 451 g/mol. The number of allylic oxidation sites excluding steroid dienone is 1. The summed E-state index contributed by atoms with van der Waals surface area (Å²) in [6, 6.07) is 12.8. The molecule has 1 N–H and O–H groups in total. The third kappa shape index (κ3) is 4.72. The first-order chi connectivity index (χ1) is 15.4. The number of nitrogens with one attached hydrogen (secondary N) is 1. The number of anilines is 1. The predicted molar refractivity (Wildman–Crippen MR) is 123 cm³/mol. The zero-order valence-electron chi connectivity index (χ0n) is 16.8. The molecular formula is C24H16ClFN2O3S. The number of Topliss-reactive ketones (excluding diaryl/α,β-unsaturated/α-hetero) is 1. The quantitative estimate of drug-likeness (QED) is 0.445. The summed E-state index contributed by atoms with van der Waals surface area (Å²) in [5.41, 5.74) is 2.77. The van der Waals surface area contributed by atoms with Gasteiger partial charge in [0.15, 0.2) is 11.0 Å². The molecule has 0 fully saturated rings. The Morgan fingerprint density at radius 2 is 2.06 bits per heavy atom. The van der Waals surface area contributed by atoms with Gasteiger partial charge in [0.25, 0.3) is 0 Å². The average Bonchev–Trinajstić information content (AvgIpc) is 2.80. The fourth-order valence-corrected chi connectivity index (χ4v) is 4.15. The fraction of sp³-hybridized carbons (Fsp3) is 0.0833. The molecule has 3 aromatic rings. The van der Waals surface area contributed by atoms with E-state index in [9.17, 15) is 13.4 Å². The van der Waals surface area contributed by atoms with Gasteiger partial charge in [0.05, 0.1) is 17.8 Å². The van der Waals surface area contributed by atoms with E-state index in [4.69, 9.17) is 16.3 Å². The van der Waals surface area contributed by atoms with Crippen LogP contribution in [0.2, 0.25) is 5.02 Å². The lowest BCUT2D eigenvalue weighted by Crippen LogP contribution is -2.22.